The van der Waals surface area contributed by atoms with Gasteiger partial charge in [-0.15, -0.1) is 0 Å². The second-order valence-electron chi connectivity index (χ2n) is 4.82. The van der Waals surface area contributed by atoms with Crippen molar-refractivity contribution in [1.29, 1.82) is 0 Å². The molecule has 0 aromatic heterocycles. The molecule has 2 amide bonds. The van der Waals surface area contributed by atoms with E-state index >= 15 is 0 Å². The van der Waals surface area contributed by atoms with Gasteiger partial charge in [-0.25, -0.2) is 4.79 Å². The summed E-state index contributed by atoms with van der Waals surface area (Å²) in [5.41, 5.74) is 3.99. The number of rotatable bonds is 5. The number of hydrogen-bond acceptors (Lipinski definition) is 2. The van der Waals surface area contributed by atoms with Crippen LogP contribution in [0.4, 0.5) is 10.5 Å². The summed E-state index contributed by atoms with van der Waals surface area (Å²) in [6.45, 7) is 2.97. The summed E-state index contributed by atoms with van der Waals surface area (Å²) in [6.07, 6.45) is 0. The molecule has 0 spiro atoms. The van der Waals surface area contributed by atoms with Crippen LogP contribution in [0.3, 0.4) is 0 Å². The van der Waals surface area contributed by atoms with Crippen LogP contribution in [-0.4, -0.2) is 13.1 Å². The average Bonchev–Trinajstić information content (AvgIpc) is 2.49. The molecule has 21 heavy (non-hydrogen) atoms. The van der Waals surface area contributed by atoms with Gasteiger partial charge in [-0.3, -0.25) is 0 Å². The largest absolute Gasteiger partial charge is 0.380 e. The van der Waals surface area contributed by atoms with Crippen LogP contribution in [0.15, 0.2) is 48.5 Å². The fraction of sp³-hybridized carbons (Fsp3) is 0.235. The van der Waals surface area contributed by atoms with Gasteiger partial charge in [0.1, 0.15) is 0 Å². The Bertz CT molecular complexity index is 611. The maximum atomic E-state index is 12.0. The van der Waals surface area contributed by atoms with Gasteiger partial charge in [-0.05, 0) is 29.7 Å². The van der Waals surface area contributed by atoms with Gasteiger partial charge in [0.2, 0.25) is 0 Å². The van der Waals surface area contributed by atoms with Crippen molar-refractivity contribution in [3.05, 3.63) is 65.2 Å². The Morgan fingerprint density at radius 1 is 1.05 bits per heavy atom. The number of ether oxygens (including phenoxy) is 1. The molecule has 0 saturated carbocycles. The highest BCUT2D eigenvalue weighted by Crippen LogP contribution is 2.13. The van der Waals surface area contributed by atoms with E-state index in [0.717, 1.165) is 22.4 Å². The topological polar surface area (TPSA) is 50.4 Å². The van der Waals surface area contributed by atoms with Crippen molar-refractivity contribution in [1.82, 2.24) is 5.32 Å². The second kappa shape index (κ2) is 7.45. The fourth-order valence-electron chi connectivity index (χ4n) is 2.08. The first-order valence-electron chi connectivity index (χ1n) is 6.87. The molecule has 2 N–H and O–H groups in total. The van der Waals surface area contributed by atoms with Crippen molar-refractivity contribution in [2.24, 2.45) is 0 Å². The molecule has 0 aliphatic carbocycles. The predicted octanol–water partition coefficient (Wildman–Crippen LogP) is 3.46. The lowest BCUT2D eigenvalue weighted by Crippen LogP contribution is -2.28. The quantitative estimate of drug-likeness (QED) is 0.883. The number of benzene rings is 2. The first kappa shape index (κ1) is 15.1. The van der Waals surface area contributed by atoms with Crippen molar-refractivity contribution < 1.29 is 9.53 Å². The van der Waals surface area contributed by atoms with E-state index in [2.05, 4.69) is 10.6 Å². The number of para-hydroxylation sites is 1. The lowest BCUT2D eigenvalue weighted by Gasteiger charge is -2.12. The van der Waals surface area contributed by atoms with Crippen LogP contribution in [-0.2, 0) is 17.9 Å². The number of methoxy groups -OCH3 is 1. The van der Waals surface area contributed by atoms with E-state index in [4.69, 9.17) is 4.74 Å². The Kier molecular flexibility index (Phi) is 5.35. The standard InChI is InChI=1S/C17H20N2O2/c1-13-7-3-6-10-16(13)19-17(20)18-11-14-8-4-5-9-15(14)12-21-2/h3-10H,11-12H2,1-2H3,(H2,18,19,20). The molecule has 0 atom stereocenters. The molecule has 0 aliphatic heterocycles. The first-order valence-corrected chi connectivity index (χ1v) is 6.87. The SMILES string of the molecule is COCc1ccccc1CNC(=O)Nc1ccccc1C. The molecule has 0 unspecified atom stereocenters. The van der Waals surface area contributed by atoms with Crippen molar-refractivity contribution in [2.45, 2.75) is 20.1 Å². The van der Waals surface area contributed by atoms with Crippen molar-refractivity contribution in [2.75, 3.05) is 12.4 Å². The van der Waals surface area contributed by atoms with E-state index in [9.17, 15) is 4.79 Å². The van der Waals surface area contributed by atoms with Crippen LogP contribution < -0.4 is 10.6 Å². The summed E-state index contributed by atoms with van der Waals surface area (Å²) >= 11 is 0. The number of anilines is 1. The molecule has 0 bridgehead atoms. The molecule has 2 aromatic rings. The van der Waals surface area contributed by atoms with E-state index in [0.29, 0.717) is 13.2 Å². The van der Waals surface area contributed by atoms with Gasteiger partial charge in [-0.2, -0.15) is 0 Å². The summed E-state index contributed by atoms with van der Waals surface area (Å²) in [4.78, 5) is 12.0. The van der Waals surface area contributed by atoms with Crippen molar-refractivity contribution in [3.63, 3.8) is 0 Å². The molecule has 0 aliphatic rings. The number of urea groups is 1. The summed E-state index contributed by atoms with van der Waals surface area (Å²) in [7, 11) is 1.66. The Morgan fingerprint density at radius 2 is 1.71 bits per heavy atom. The molecule has 110 valence electrons. The Balaban J connectivity index is 1.94. The highest BCUT2D eigenvalue weighted by Gasteiger charge is 2.06. The highest BCUT2D eigenvalue weighted by atomic mass is 16.5. The Labute approximate surface area is 125 Å². The molecule has 2 aromatic carbocycles. The average molecular weight is 284 g/mol. The molecule has 4 heteroatoms. The zero-order valence-electron chi connectivity index (χ0n) is 12.3. The van der Waals surface area contributed by atoms with Crippen molar-refractivity contribution >= 4 is 11.7 Å². The summed E-state index contributed by atoms with van der Waals surface area (Å²) in [6, 6.07) is 15.4. The first-order chi connectivity index (χ1) is 10.2. The molecule has 0 heterocycles. The Morgan fingerprint density at radius 3 is 2.43 bits per heavy atom. The minimum atomic E-state index is -0.212. The number of carbonyl (C=O) groups is 1. The zero-order valence-corrected chi connectivity index (χ0v) is 12.3. The van der Waals surface area contributed by atoms with Gasteiger partial charge in [0.05, 0.1) is 6.61 Å². The van der Waals surface area contributed by atoms with Crippen LogP contribution in [0.5, 0.6) is 0 Å². The van der Waals surface area contributed by atoms with Crippen LogP contribution in [0.1, 0.15) is 16.7 Å². The molecule has 0 fully saturated rings. The number of nitrogens with one attached hydrogen (secondary N) is 2. The predicted molar refractivity (Wildman–Crippen MR) is 84.2 cm³/mol. The van der Waals surface area contributed by atoms with Gasteiger partial charge in [-0.1, -0.05) is 42.5 Å². The highest BCUT2D eigenvalue weighted by molar-refractivity contribution is 5.89. The monoisotopic (exact) mass is 284 g/mol. The molecule has 4 nitrogen and oxygen atoms in total. The molecular formula is C17H20N2O2. The van der Waals surface area contributed by atoms with E-state index in [1.165, 1.54) is 0 Å². The number of carbonyl (C=O) groups excluding carboxylic acids is 1. The zero-order chi connectivity index (χ0) is 15.1. The normalized spacial score (nSPS) is 10.2. The minimum Gasteiger partial charge on any atom is -0.380 e. The summed E-state index contributed by atoms with van der Waals surface area (Å²) in [5, 5.41) is 5.72. The minimum absolute atomic E-state index is 0.212. The Hall–Kier alpha value is -2.33. The third-order valence-electron chi connectivity index (χ3n) is 3.25. The smallest absolute Gasteiger partial charge is 0.319 e. The maximum Gasteiger partial charge on any atom is 0.319 e. The molecule has 0 saturated heterocycles. The van der Waals surface area contributed by atoms with Gasteiger partial charge >= 0.3 is 6.03 Å². The third kappa shape index (κ3) is 4.33. The third-order valence-corrected chi connectivity index (χ3v) is 3.25. The van der Waals surface area contributed by atoms with Gasteiger partial charge in [0.15, 0.2) is 0 Å². The summed E-state index contributed by atoms with van der Waals surface area (Å²) < 4.78 is 5.16. The van der Waals surface area contributed by atoms with Crippen LogP contribution >= 0.6 is 0 Å². The molecular weight excluding hydrogens is 264 g/mol. The van der Waals surface area contributed by atoms with E-state index in [1.54, 1.807) is 7.11 Å². The summed E-state index contributed by atoms with van der Waals surface area (Å²) in [5.74, 6) is 0. The van der Waals surface area contributed by atoms with Crippen molar-refractivity contribution in [3.8, 4) is 0 Å². The van der Waals surface area contributed by atoms with Gasteiger partial charge in [0, 0.05) is 19.3 Å². The maximum absolute atomic E-state index is 12.0. The number of hydrogen-bond donors (Lipinski definition) is 2. The number of aryl methyl sites for hydroxylation is 1. The van der Waals surface area contributed by atoms with Gasteiger partial charge < -0.3 is 15.4 Å². The fourth-order valence-corrected chi connectivity index (χ4v) is 2.08. The number of amides is 2. The van der Waals surface area contributed by atoms with Crippen LogP contribution in [0, 0.1) is 6.92 Å². The van der Waals surface area contributed by atoms with Crippen LogP contribution in [0.25, 0.3) is 0 Å². The lowest BCUT2D eigenvalue weighted by molar-refractivity contribution is 0.184. The van der Waals surface area contributed by atoms with Crippen LogP contribution in [0.2, 0.25) is 0 Å². The van der Waals surface area contributed by atoms with Gasteiger partial charge in [0.25, 0.3) is 0 Å². The lowest BCUT2D eigenvalue weighted by atomic mass is 10.1. The molecule has 0 radical (unpaired) electrons. The van der Waals surface area contributed by atoms with E-state index in [-0.39, 0.29) is 6.03 Å². The van der Waals surface area contributed by atoms with E-state index < -0.39 is 0 Å². The second-order valence-corrected chi connectivity index (χ2v) is 4.82. The molecule has 2 rings (SSSR count). The van der Waals surface area contributed by atoms with E-state index in [1.807, 2.05) is 55.5 Å².